The van der Waals surface area contributed by atoms with Crippen molar-refractivity contribution in [1.29, 1.82) is 0 Å². The summed E-state index contributed by atoms with van der Waals surface area (Å²) in [5.41, 5.74) is 4.16. The highest BCUT2D eigenvalue weighted by Crippen LogP contribution is 2.43. The number of methoxy groups -OCH3 is 1. The number of allylic oxidation sites excluding steroid dienone is 4. The molecule has 1 aromatic carbocycles. The van der Waals surface area contributed by atoms with Gasteiger partial charge in [-0.2, -0.15) is 0 Å². The van der Waals surface area contributed by atoms with Gasteiger partial charge in [0.25, 0.3) is 0 Å². The maximum absolute atomic E-state index is 10.2. The third-order valence-corrected chi connectivity index (χ3v) is 4.91. The molecule has 1 atom stereocenters. The number of aromatic hydroxyl groups is 1. The van der Waals surface area contributed by atoms with Crippen molar-refractivity contribution < 1.29 is 14.6 Å². The van der Waals surface area contributed by atoms with Gasteiger partial charge in [-0.25, -0.2) is 0 Å². The van der Waals surface area contributed by atoms with E-state index in [4.69, 9.17) is 9.47 Å². The van der Waals surface area contributed by atoms with E-state index >= 15 is 0 Å². The standard InChI is InChI=1S/C23H32O3/c1-16(2)9-7-10-17(3)11-8-13-23(5)14-12-19-18(4)22(24)21(25-6)15-20(19)26-23/h9,11-12,14-15,24H,7-8,10,13H2,1-6H3/b17-11+/t23-/m0/s1. The molecule has 142 valence electrons. The molecule has 0 saturated carbocycles. The van der Waals surface area contributed by atoms with E-state index in [9.17, 15) is 5.11 Å². The molecular weight excluding hydrogens is 324 g/mol. The molecule has 1 heterocycles. The van der Waals surface area contributed by atoms with Gasteiger partial charge in [-0.3, -0.25) is 0 Å². The van der Waals surface area contributed by atoms with Gasteiger partial charge in [0.1, 0.15) is 11.4 Å². The number of rotatable bonds is 7. The van der Waals surface area contributed by atoms with Crippen LogP contribution in [0.5, 0.6) is 17.2 Å². The number of phenolic OH excluding ortho intramolecular Hbond substituents is 1. The van der Waals surface area contributed by atoms with Crippen molar-refractivity contribution in [2.24, 2.45) is 0 Å². The molecule has 2 rings (SSSR count). The van der Waals surface area contributed by atoms with E-state index in [1.165, 1.54) is 11.1 Å². The summed E-state index contributed by atoms with van der Waals surface area (Å²) in [7, 11) is 1.56. The van der Waals surface area contributed by atoms with Gasteiger partial charge < -0.3 is 14.6 Å². The Morgan fingerprint density at radius 1 is 1.23 bits per heavy atom. The van der Waals surface area contributed by atoms with Crippen molar-refractivity contribution in [3.8, 4) is 17.2 Å². The van der Waals surface area contributed by atoms with E-state index < -0.39 is 0 Å². The molecule has 0 amide bonds. The summed E-state index contributed by atoms with van der Waals surface area (Å²) < 4.78 is 11.5. The van der Waals surface area contributed by atoms with E-state index in [1.807, 2.05) is 6.92 Å². The molecule has 0 spiro atoms. The third kappa shape index (κ3) is 4.94. The van der Waals surface area contributed by atoms with Crippen LogP contribution in [0.3, 0.4) is 0 Å². The highest BCUT2D eigenvalue weighted by Gasteiger charge is 2.29. The second kappa shape index (κ2) is 8.48. The number of ether oxygens (including phenoxy) is 2. The van der Waals surface area contributed by atoms with Gasteiger partial charge in [0.05, 0.1) is 7.11 Å². The molecular formula is C23H32O3. The largest absolute Gasteiger partial charge is 0.504 e. The molecule has 1 aliphatic rings. The summed E-state index contributed by atoms with van der Waals surface area (Å²) in [4.78, 5) is 0. The highest BCUT2D eigenvalue weighted by atomic mass is 16.5. The zero-order chi connectivity index (χ0) is 19.3. The van der Waals surface area contributed by atoms with Gasteiger partial charge in [0, 0.05) is 17.2 Å². The van der Waals surface area contributed by atoms with E-state index in [0.29, 0.717) is 5.75 Å². The minimum atomic E-state index is -0.349. The van der Waals surface area contributed by atoms with Crippen molar-refractivity contribution >= 4 is 6.08 Å². The predicted octanol–water partition coefficient (Wildman–Crippen LogP) is 6.35. The second-order valence-corrected chi connectivity index (χ2v) is 7.62. The van der Waals surface area contributed by atoms with E-state index in [-0.39, 0.29) is 11.4 Å². The molecule has 26 heavy (non-hydrogen) atoms. The van der Waals surface area contributed by atoms with Crippen molar-refractivity contribution in [3.05, 3.63) is 46.6 Å². The Labute approximate surface area is 158 Å². The van der Waals surface area contributed by atoms with Crippen LogP contribution in [0.15, 0.2) is 35.4 Å². The Hall–Kier alpha value is -2.16. The van der Waals surface area contributed by atoms with Crippen LogP contribution < -0.4 is 9.47 Å². The smallest absolute Gasteiger partial charge is 0.164 e. The Morgan fingerprint density at radius 2 is 1.96 bits per heavy atom. The fraction of sp³-hybridized carbons (Fsp3) is 0.478. The van der Waals surface area contributed by atoms with Crippen LogP contribution in [-0.4, -0.2) is 17.8 Å². The van der Waals surface area contributed by atoms with Crippen LogP contribution in [0, 0.1) is 6.92 Å². The Morgan fingerprint density at radius 3 is 2.62 bits per heavy atom. The maximum atomic E-state index is 10.2. The molecule has 0 radical (unpaired) electrons. The van der Waals surface area contributed by atoms with E-state index in [0.717, 1.165) is 42.6 Å². The second-order valence-electron chi connectivity index (χ2n) is 7.62. The lowest BCUT2D eigenvalue weighted by molar-refractivity contribution is 0.128. The summed E-state index contributed by atoms with van der Waals surface area (Å²) in [5, 5.41) is 10.2. The number of benzene rings is 1. The first-order valence-electron chi connectivity index (χ1n) is 9.33. The first kappa shape index (κ1) is 20.2. The lowest BCUT2D eigenvalue weighted by atomic mass is 9.92. The first-order chi connectivity index (χ1) is 12.3. The van der Waals surface area contributed by atoms with Gasteiger partial charge in [0.2, 0.25) is 0 Å². The van der Waals surface area contributed by atoms with Crippen LogP contribution in [-0.2, 0) is 0 Å². The van der Waals surface area contributed by atoms with E-state index in [2.05, 4.69) is 52.0 Å². The molecule has 0 saturated heterocycles. The first-order valence-corrected chi connectivity index (χ1v) is 9.33. The number of phenols is 1. The van der Waals surface area contributed by atoms with Crippen LogP contribution >= 0.6 is 0 Å². The third-order valence-electron chi connectivity index (χ3n) is 4.91. The summed E-state index contributed by atoms with van der Waals surface area (Å²) in [6.07, 6.45) is 12.9. The summed E-state index contributed by atoms with van der Waals surface area (Å²) >= 11 is 0. The van der Waals surface area contributed by atoms with Crippen LogP contribution in [0.1, 0.15) is 64.5 Å². The van der Waals surface area contributed by atoms with Gasteiger partial charge in [0.15, 0.2) is 11.5 Å². The molecule has 1 N–H and O–H groups in total. The summed E-state index contributed by atoms with van der Waals surface area (Å²) in [6, 6.07) is 1.78. The van der Waals surface area contributed by atoms with Gasteiger partial charge in [-0.05, 0) is 66.4 Å². The quantitative estimate of drug-likeness (QED) is 0.579. The molecule has 1 aromatic rings. The average molecular weight is 357 g/mol. The van der Waals surface area contributed by atoms with Gasteiger partial charge >= 0.3 is 0 Å². The molecule has 0 aliphatic carbocycles. The van der Waals surface area contributed by atoms with Gasteiger partial charge in [-0.15, -0.1) is 0 Å². The lowest BCUT2D eigenvalue weighted by Gasteiger charge is -2.32. The molecule has 1 aliphatic heterocycles. The Kier molecular flexibility index (Phi) is 6.57. The molecule has 3 nitrogen and oxygen atoms in total. The van der Waals surface area contributed by atoms with Gasteiger partial charge in [-0.1, -0.05) is 29.4 Å². The van der Waals surface area contributed by atoms with Crippen LogP contribution in [0.25, 0.3) is 6.08 Å². The number of hydrogen-bond acceptors (Lipinski definition) is 3. The minimum Gasteiger partial charge on any atom is -0.504 e. The topological polar surface area (TPSA) is 38.7 Å². The summed E-state index contributed by atoms with van der Waals surface area (Å²) in [6.45, 7) is 10.5. The van der Waals surface area contributed by atoms with Crippen LogP contribution in [0.4, 0.5) is 0 Å². The fourth-order valence-electron chi connectivity index (χ4n) is 3.18. The fourth-order valence-corrected chi connectivity index (χ4v) is 3.18. The maximum Gasteiger partial charge on any atom is 0.164 e. The molecule has 0 unspecified atom stereocenters. The average Bonchev–Trinajstić information content (AvgIpc) is 2.57. The summed E-state index contributed by atoms with van der Waals surface area (Å²) in [5.74, 6) is 1.40. The lowest BCUT2D eigenvalue weighted by Crippen LogP contribution is -2.31. The Bertz CT molecular complexity index is 736. The van der Waals surface area contributed by atoms with Crippen LogP contribution in [0.2, 0.25) is 0 Å². The molecule has 0 bridgehead atoms. The normalized spacial score (nSPS) is 18.9. The van der Waals surface area contributed by atoms with Crippen molar-refractivity contribution in [3.63, 3.8) is 0 Å². The zero-order valence-corrected chi connectivity index (χ0v) is 17.0. The zero-order valence-electron chi connectivity index (χ0n) is 17.0. The highest BCUT2D eigenvalue weighted by molar-refractivity contribution is 5.70. The SMILES string of the molecule is COc1cc2c(c(C)c1O)C=C[C@](C)(CC/C=C(\C)CCC=C(C)C)O2. The van der Waals surface area contributed by atoms with Crippen molar-refractivity contribution in [2.75, 3.05) is 7.11 Å². The molecule has 0 fully saturated rings. The van der Waals surface area contributed by atoms with Crippen molar-refractivity contribution in [1.82, 2.24) is 0 Å². The molecule has 0 aromatic heterocycles. The minimum absolute atomic E-state index is 0.179. The predicted molar refractivity (Wildman–Crippen MR) is 109 cm³/mol. The molecule has 3 heteroatoms. The number of fused-ring (bicyclic) bond motifs is 1. The number of hydrogen-bond donors (Lipinski definition) is 1. The van der Waals surface area contributed by atoms with Crippen molar-refractivity contribution in [2.45, 2.75) is 65.9 Å². The Balaban J connectivity index is 2.03. The van der Waals surface area contributed by atoms with E-state index in [1.54, 1.807) is 13.2 Å². The monoisotopic (exact) mass is 356 g/mol.